The summed E-state index contributed by atoms with van der Waals surface area (Å²) in [7, 11) is 0. The first-order valence-corrected chi connectivity index (χ1v) is 8.91. The van der Waals surface area contributed by atoms with Gasteiger partial charge in [0.05, 0.1) is 6.04 Å². The van der Waals surface area contributed by atoms with Crippen LogP contribution in [0.4, 0.5) is 4.79 Å². The lowest BCUT2D eigenvalue weighted by molar-refractivity contribution is -0.123. The van der Waals surface area contributed by atoms with E-state index in [9.17, 15) is 9.59 Å². The molecule has 0 N–H and O–H groups in total. The fourth-order valence-corrected chi connectivity index (χ4v) is 3.05. The number of likely N-dealkylation sites (tertiary alicyclic amines) is 1. The molecule has 1 saturated heterocycles. The molecule has 0 bridgehead atoms. The molecular formula is C19H26ClNO3. The highest BCUT2D eigenvalue weighted by Gasteiger charge is 2.35. The molecule has 2 rings (SSSR count). The van der Waals surface area contributed by atoms with Crippen LogP contribution in [0, 0.1) is 0 Å². The zero-order chi connectivity index (χ0) is 17.7. The van der Waals surface area contributed by atoms with Crippen LogP contribution in [0.1, 0.15) is 52.0 Å². The normalized spacial score (nSPS) is 17.8. The van der Waals surface area contributed by atoms with Crippen molar-refractivity contribution < 1.29 is 14.3 Å². The quantitative estimate of drug-likeness (QED) is 0.776. The van der Waals surface area contributed by atoms with Gasteiger partial charge < -0.3 is 4.74 Å². The molecule has 1 atom stereocenters. The van der Waals surface area contributed by atoms with Crippen LogP contribution in [-0.4, -0.2) is 35.0 Å². The summed E-state index contributed by atoms with van der Waals surface area (Å²) in [5.41, 5.74) is 0.629. The summed E-state index contributed by atoms with van der Waals surface area (Å²) in [6.45, 7) is 6.11. The number of carbonyl (C=O) groups is 2. The van der Waals surface area contributed by atoms with Gasteiger partial charge in [-0.25, -0.2) is 4.79 Å². The van der Waals surface area contributed by atoms with Crippen molar-refractivity contribution in [3.63, 3.8) is 0 Å². The maximum absolute atomic E-state index is 12.5. The number of hydrogen-bond acceptors (Lipinski definition) is 3. The van der Waals surface area contributed by atoms with Crippen molar-refractivity contribution in [2.24, 2.45) is 0 Å². The first-order valence-electron chi connectivity index (χ1n) is 8.53. The third-order valence-electron chi connectivity index (χ3n) is 4.05. The summed E-state index contributed by atoms with van der Waals surface area (Å²) in [6.07, 6.45) is 3.30. The van der Waals surface area contributed by atoms with E-state index in [-0.39, 0.29) is 17.9 Å². The molecule has 5 heteroatoms. The van der Waals surface area contributed by atoms with Gasteiger partial charge in [0.15, 0.2) is 5.78 Å². The molecule has 0 aliphatic carbocycles. The van der Waals surface area contributed by atoms with Gasteiger partial charge in [0, 0.05) is 18.0 Å². The van der Waals surface area contributed by atoms with Gasteiger partial charge in [-0.05, 0) is 64.2 Å². The Morgan fingerprint density at radius 2 is 1.92 bits per heavy atom. The Morgan fingerprint density at radius 1 is 1.25 bits per heavy atom. The van der Waals surface area contributed by atoms with Crippen LogP contribution < -0.4 is 0 Å². The van der Waals surface area contributed by atoms with Crippen LogP contribution >= 0.6 is 11.6 Å². The van der Waals surface area contributed by atoms with Gasteiger partial charge in [-0.2, -0.15) is 0 Å². The Kier molecular flexibility index (Phi) is 6.27. The van der Waals surface area contributed by atoms with Crippen molar-refractivity contribution in [2.45, 2.75) is 64.5 Å². The van der Waals surface area contributed by atoms with Gasteiger partial charge >= 0.3 is 6.09 Å². The molecule has 0 radical (unpaired) electrons. The van der Waals surface area contributed by atoms with Crippen molar-refractivity contribution in [3.05, 3.63) is 34.9 Å². The van der Waals surface area contributed by atoms with E-state index in [0.717, 1.165) is 25.7 Å². The van der Waals surface area contributed by atoms with Crippen molar-refractivity contribution in [3.8, 4) is 0 Å². The summed E-state index contributed by atoms with van der Waals surface area (Å²) in [4.78, 5) is 26.3. The van der Waals surface area contributed by atoms with Crippen molar-refractivity contribution >= 4 is 23.5 Å². The summed E-state index contributed by atoms with van der Waals surface area (Å²) < 4.78 is 5.41. The zero-order valence-electron chi connectivity index (χ0n) is 14.7. The van der Waals surface area contributed by atoms with Crippen molar-refractivity contribution in [1.82, 2.24) is 4.90 Å². The van der Waals surface area contributed by atoms with Gasteiger partial charge in [0.1, 0.15) is 5.60 Å². The molecule has 4 nitrogen and oxygen atoms in total. The average molecular weight is 352 g/mol. The number of benzene rings is 1. The van der Waals surface area contributed by atoms with Crippen LogP contribution in [0.3, 0.4) is 0 Å². The molecule has 0 saturated carbocycles. The maximum atomic E-state index is 12.5. The molecule has 0 aromatic heterocycles. The first kappa shape index (κ1) is 18.8. The lowest BCUT2D eigenvalue weighted by Crippen LogP contribution is -2.43. The van der Waals surface area contributed by atoms with Crippen LogP contribution in [-0.2, 0) is 16.0 Å². The second-order valence-electron chi connectivity index (χ2n) is 7.28. The van der Waals surface area contributed by atoms with E-state index in [1.807, 2.05) is 45.0 Å². The molecule has 1 amide bonds. The molecule has 1 aliphatic rings. The van der Waals surface area contributed by atoms with Gasteiger partial charge in [0.25, 0.3) is 0 Å². The maximum Gasteiger partial charge on any atom is 0.410 e. The number of Topliss-reactive ketones (excluding diaryl/α,β-unsaturated/α-hetero) is 1. The topological polar surface area (TPSA) is 46.6 Å². The van der Waals surface area contributed by atoms with E-state index in [4.69, 9.17) is 16.3 Å². The summed E-state index contributed by atoms with van der Waals surface area (Å²) >= 11 is 5.87. The van der Waals surface area contributed by atoms with E-state index in [1.54, 1.807) is 4.90 Å². The summed E-state index contributed by atoms with van der Waals surface area (Å²) in [6, 6.07) is 7.36. The lowest BCUT2D eigenvalue weighted by atomic mass is 10.0. The van der Waals surface area contributed by atoms with Gasteiger partial charge in [0.2, 0.25) is 0 Å². The predicted molar refractivity (Wildman–Crippen MR) is 95.4 cm³/mol. The van der Waals surface area contributed by atoms with Crippen LogP contribution in [0.5, 0.6) is 0 Å². The Hall–Kier alpha value is -1.55. The molecule has 1 heterocycles. The van der Waals surface area contributed by atoms with Gasteiger partial charge in [-0.15, -0.1) is 0 Å². The molecular weight excluding hydrogens is 326 g/mol. The molecule has 1 fully saturated rings. The van der Waals surface area contributed by atoms with E-state index in [1.165, 1.54) is 5.56 Å². The number of amides is 1. The Labute approximate surface area is 149 Å². The molecule has 24 heavy (non-hydrogen) atoms. The fraction of sp³-hybridized carbons (Fsp3) is 0.579. The number of ether oxygens (including phenoxy) is 1. The van der Waals surface area contributed by atoms with E-state index >= 15 is 0 Å². The largest absolute Gasteiger partial charge is 0.444 e. The zero-order valence-corrected chi connectivity index (χ0v) is 15.4. The number of ketones is 1. The van der Waals surface area contributed by atoms with Crippen LogP contribution in [0.15, 0.2) is 24.3 Å². The van der Waals surface area contributed by atoms with Crippen LogP contribution in [0.25, 0.3) is 0 Å². The fourth-order valence-electron chi connectivity index (χ4n) is 2.92. The Balaban J connectivity index is 1.84. The molecule has 1 aromatic carbocycles. The third kappa shape index (κ3) is 5.52. The summed E-state index contributed by atoms with van der Waals surface area (Å²) in [5.74, 6) is 0.132. The third-order valence-corrected chi connectivity index (χ3v) is 4.31. The standard InChI is InChI=1S/C19H26ClNO3/c1-19(2,3)24-18(23)21-13-5-7-16(21)17(22)8-4-6-14-9-11-15(20)12-10-14/h9-12,16H,4-8,13H2,1-3H3/t16-/m1/s1. The van der Waals surface area contributed by atoms with E-state index in [0.29, 0.717) is 18.0 Å². The smallest absolute Gasteiger partial charge is 0.410 e. The van der Waals surface area contributed by atoms with Crippen LogP contribution in [0.2, 0.25) is 5.02 Å². The second kappa shape index (κ2) is 8.02. The highest BCUT2D eigenvalue weighted by atomic mass is 35.5. The summed E-state index contributed by atoms with van der Waals surface area (Å²) in [5, 5.41) is 0.716. The molecule has 0 unspecified atom stereocenters. The molecule has 1 aliphatic heterocycles. The highest BCUT2D eigenvalue weighted by Crippen LogP contribution is 2.23. The minimum atomic E-state index is -0.540. The SMILES string of the molecule is CC(C)(C)OC(=O)N1CCC[C@@H]1C(=O)CCCc1ccc(Cl)cc1. The number of hydrogen-bond donors (Lipinski definition) is 0. The van der Waals surface area contributed by atoms with Crippen molar-refractivity contribution in [2.75, 3.05) is 6.54 Å². The molecule has 0 spiro atoms. The highest BCUT2D eigenvalue weighted by molar-refractivity contribution is 6.30. The van der Waals surface area contributed by atoms with Gasteiger partial charge in [-0.1, -0.05) is 23.7 Å². The monoisotopic (exact) mass is 351 g/mol. The number of aryl methyl sites for hydroxylation is 1. The predicted octanol–water partition coefficient (Wildman–Crippen LogP) is 4.63. The van der Waals surface area contributed by atoms with Crippen molar-refractivity contribution in [1.29, 1.82) is 0 Å². The Bertz CT molecular complexity index is 577. The molecule has 132 valence electrons. The Morgan fingerprint density at radius 3 is 2.54 bits per heavy atom. The average Bonchev–Trinajstić information content (AvgIpc) is 2.97. The number of halogens is 1. The van der Waals surface area contributed by atoms with E-state index in [2.05, 4.69) is 0 Å². The number of nitrogens with zero attached hydrogens (tertiary/aromatic N) is 1. The molecule has 1 aromatic rings. The minimum absolute atomic E-state index is 0.132. The second-order valence-corrected chi connectivity index (χ2v) is 7.71. The number of rotatable bonds is 5. The van der Waals surface area contributed by atoms with Gasteiger partial charge in [-0.3, -0.25) is 9.69 Å². The number of carbonyl (C=O) groups excluding carboxylic acids is 2. The first-order chi connectivity index (χ1) is 11.3. The lowest BCUT2D eigenvalue weighted by Gasteiger charge is -2.28. The minimum Gasteiger partial charge on any atom is -0.444 e. The van der Waals surface area contributed by atoms with E-state index < -0.39 is 5.60 Å².